The van der Waals surface area contributed by atoms with Gasteiger partial charge in [-0.2, -0.15) is 0 Å². The summed E-state index contributed by atoms with van der Waals surface area (Å²) in [4.78, 5) is 8.43. The molecule has 2 heterocycles. The average Bonchev–Trinajstić information content (AvgIpc) is 2.84. The van der Waals surface area contributed by atoms with Gasteiger partial charge in [0.2, 0.25) is 5.95 Å². The minimum Gasteiger partial charge on any atom is -0.406 e. The van der Waals surface area contributed by atoms with Gasteiger partial charge in [-0.05, 0) is 12.1 Å². The quantitative estimate of drug-likeness (QED) is 0.912. The van der Waals surface area contributed by atoms with Gasteiger partial charge in [0.15, 0.2) is 0 Å². The highest BCUT2D eigenvalue weighted by Crippen LogP contribution is 2.26. The zero-order valence-electron chi connectivity index (χ0n) is 10.7. The van der Waals surface area contributed by atoms with E-state index in [0.717, 1.165) is 17.8 Å². The molecule has 0 fully saturated rings. The van der Waals surface area contributed by atoms with E-state index in [1.807, 2.05) is 0 Å². The van der Waals surface area contributed by atoms with Crippen molar-refractivity contribution in [1.82, 2.24) is 15.3 Å². The Hall–Kier alpha value is -2.35. The first-order valence-electron chi connectivity index (χ1n) is 6.18. The molecule has 0 aliphatic carbocycles. The molecule has 5 nitrogen and oxygen atoms in total. The number of hydrogen-bond acceptors (Lipinski definition) is 5. The molecule has 8 heteroatoms. The molecule has 0 amide bonds. The lowest BCUT2D eigenvalue weighted by Crippen LogP contribution is -2.17. The van der Waals surface area contributed by atoms with Crippen molar-refractivity contribution in [3.63, 3.8) is 0 Å². The highest BCUT2D eigenvalue weighted by atomic mass is 19.4. The Morgan fingerprint density at radius 1 is 1.24 bits per heavy atom. The molecule has 2 aromatic rings. The molecule has 1 aromatic heterocycles. The van der Waals surface area contributed by atoms with Crippen LogP contribution >= 0.6 is 0 Å². The highest BCUT2D eigenvalue weighted by molar-refractivity contribution is 5.56. The molecule has 0 unspecified atom stereocenters. The first-order valence-corrected chi connectivity index (χ1v) is 6.18. The van der Waals surface area contributed by atoms with E-state index in [9.17, 15) is 13.2 Å². The van der Waals surface area contributed by atoms with Crippen molar-refractivity contribution in [2.24, 2.45) is 0 Å². The summed E-state index contributed by atoms with van der Waals surface area (Å²) in [5, 5.41) is 6.00. The van der Waals surface area contributed by atoms with Gasteiger partial charge in [-0.15, -0.1) is 13.2 Å². The van der Waals surface area contributed by atoms with Gasteiger partial charge in [-0.3, -0.25) is 0 Å². The van der Waals surface area contributed by atoms with E-state index in [0.29, 0.717) is 18.2 Å². The second kappa shape index (κ2) is 5.21. The van der Waals surface area contributed by atoms with E-state index >= 15 is 0 Å². The molecule has 0 spiro atoms. The molecule has 1 aliphatic heterocycles. The van der Waals surface area contributed by atoms with Gasteiger partial charge >= 0.3 is 6.36 Å². The standard InChI is InChI=1S/C13H11F3N4O/c14-13(15,16)21-10-3-1-2-9(4-10)19-12-18-6-8-5-17-7-11(8)20-12/h1-4,6,17H,5,7H2,(H,18,19,20). The largest absolute Gasteiger partial charge is 0.573 e. The Morgan fingerprint density at radius 2 is 2.10 bits per heavy atom. The van der Waals surface area contributed by atoms with Crippen LogP contribution in [0.4, 0.5) is 24.8 Å². The zero-order chi connectivity index (χ0) is 14.9. The van der Waals surface area contributed by atoms with Gasteiger partial charge in [0.1, 0.15) is 5.75 Å². The van der Waals surface area contributed by atoms with Crippen LogP contribution in [0.2, 0.25) is 0 Å². The number of hydrogen-bond donors (Lipinski definition) is 2. The molecule has 0 radical (unpaired) electrons. The molecule has 0 saturated carbocycles. The van der Waals surface area contributed by atoms with E-state index in [4.69, 9.17) is 0 Å². The number of aromatic nitrogens is 2. The minimum atomic E-state index is -4.71. The summed E-state index contributed by atoms with van der Waals surface area (Å²) in [5.41, 5.74) is 2.33. The Morgan fingerprint density at radius 3 is 2.90 bits per heavy atom. The van der Waals surface area contributed by atoms with Crippen LogP contribution in [0.1, 0.15) is 11.3 Å². The number of nitrogens with one attached hydrogen (secondary N) is 2. The maximum absolute atomic E-state index is 12.2. The fraction of sp³-hybridized carbons (Fsp3) is 0.231. The highest BCUT2D eigenvalue weighted by Gasteiger charge is 2.31. The predicted octanol–water partition coefficient (Wildman–Crippen LogP) is 2.72. The molecule has 0 bridgehead atoms. The van der Waals surface area contributed by atoms with Crippen LogP contribution in [0, 0.1) is 0 Å². The third kappa shape index (κ3) is 3.40. The van der Waals surface area contributed by atoms with Crippen molar-refractivity contribution in [2.45, 2.75) is 19.5 Å². The number of halogens is 3. The van der Waals surface area contributed by atoms with Crippen LogP contribution in [-0.2, 0) is 13.1 Å². The van der Waals surface area contributed by atoms with E-state index in [2.05, 4.69) is 25.3 Å². The van der Waals surface area contributed by atoms with Gasteiger partial charge in [-0.25, -0.2) is 9.97 Å². The summed E-state index contributed by atoms with van der Waals surface area (Å²) in [6.45, 7) is 1.38. The lowest BCUT2D eigenvalue weighted by Gasteiger charge is -2.11. The number of anilines is 2. The van der Waals surface area contributed by atoms with E-state index in [-0.39, 0.29) is 5.75 Å². The van der Waals surface area contributed by atoms with Crippen molar-refractivity contribution < 1.29 is 17.9 Å². The lowest BCUT2D eigenvalue weighted by atomic mass is 10.3. The summed E-state index contributed by atoms with van der Waals surface area (Å²) < 4.78 is 40.4. The average molecular weight is 296 g/mol. The molecule has 0 saturated heterocycles. The zero-order valence-corrected chi connectivity index (χ0v) is 10.7. The van der Waals surface area contributed by atoms with Crippen molar-refractivity contribution in [3.8, 4) is 5.75 Å². The second-order valence-electron chi connectivity index (χ2n) is 4.47. The number of ether oxygens (including phenoxy) is 1. The SMILES string of the molecule is FC(F)(F)Oc1cccc(Nc2ncc3c(n2)CNC3)c1. The van der Waals surface area contributed by atoms with Gasteiger partial charge in [0, 0.05) is 36.6 Å². The van der Waals surface area contributed by atoms with Crippen LogP contribution in [0.3, 0.4) is 0 Å². The number of rotatable bonds is 3. The first-order chi connectivity index (χ1) is 9.99. The van der Waals surface area contributed by atoms with Crippen LogP contribution in [0.5, 0.6) is 5.75 Å². The molecular formula is C13H11F3N4O. The molecule has 1 aromatic carbocycles. The third-order valence-corrected chi connectivity index (χ3v) is 2.89. The van der Waals surface area contributed by atoms with Crippen LogP contribution < -0.4 is 15.4 Å². The molecule has 21 heavy (non-hydrogen) atoms. The molecule has 2 N–H and O–H groups in total. The molecule has 0 atom stereocenters. The number of alkyl halides is 3. The summed E-state index contributed by atoms with van der Waals surface area (Å²) in [6, 6.07) is 5.53. The fourth-order valence-corrected chi connectivity index (χ4v) is 2.02. The van der Waals surface area contributed by atoms with E-state index in [1.165, 1.54) is 18.2 Å². The molecule has 3 rings (SSSR count). The van der Waals surface area contributed by atoms with Crippen LogP contribution in [-0.4, -0.2) is 16.3 Å². The normalized spacial score (nSPS) is 13.9. The molecule has 110 valence electrons. The summed E-state index contributed by atoms with van der Waals surface area (Å²) in [6.07, 6.45) is -3.02. The van der Waals surface area contributed by atoms with Crippen molar-refractivity contribution in [1.29, 1.82) is 0 Å². The fourth-order valence-electron chi connectivity index (χ4n) is 2.02. The Labute approximate surface area is 118 Å². The maximum Gasteiger partial charge on any atom is 0.573 e. The number of benzene rings is 1. The van der Waals surface area contributed by atoms with E-state index in [1.54, 1.807) is 12.3 Å². The second-order valence-corrected chi connectivity index (χ2v) is 4.47. The first kappa shape index (κ1) is 13.6. The lowest BCUT2D eigenvalue weighted by molar-refractivity contribution is -0.274. The van der Waals surface area contributed by atoms with Crippen LogP contribution in [0.15, 0.2) is 30.5 Å². The molecule has 1 aliphatic rings. The Kier molecular flexibility index (Phi) is 3.38. The summed E-state index contributed by atoms with van der Waals surface area (Å²) in [7, 11) is 0. The van der Waals surface area contributed by atoms with Gasteiger partial charge in [0.25, 0.3) is 0 Å². The number of fused-ring (bicyclic) bond motifs is 1. The summed E-state index contributed by atoms with van der Waals surface area (Å²) in [5.74, 6) is 0.0388. The minimum absolute atomic E-state index is 0.296. The number of nitrogens with zero attached hydrogens (tertiary/aromatic N) is 2. The van der Waals surface area contributed by atoms with Crippen molar-refractivity contribution in [2.75, 3.05) is 5.32 Å². The van der Waals surface area contributed by atoms with Crippen molar-refractivity contribution >= 4 is 11.6 Å². The van der Waals surface area contributed by atoms with Gasteiger partial charge in [0.05, 0.1) is 5.69 Å². The monoisotopic (exact) mass is 296 g/mol. The third-order valence-electron chi connectivity index (χ3n) is 2.89. The smallest absolute Gasteiger partial charge is 0.406 e. The van der Waals surface area contributed by atoms with Gasteiger partial charge < -0.3 is 15.4 Å². The predicted molar refractivity (Wildman–Crippen MR) is 69.0 cm³/mol. The van der Waals surface area contributed by atoms with E-state index < -0.39 is 6.36 Å². The topological polar surface area (TPSA) is 59.1 Å². The van der Waals surface area contributed by atoms with Crippen LogP contribution in [0.25, 0.3) is 0 Å². The molecular weight excluding hydrogens is 285 g/mol. The van der Waals surface area contributed by atoms with Gasteiger partial charge in [-0.1, -0.05) is 6.07 Å². The maximum atomic E-state index is 12.2. The summed E-state index contributed by atoms with van der Waals surface area (Å²) >= 11 is 0. The Bertz CT molecular complexity index is 660. The van der Waals surface area contributed by atoms with Crippen molar-refractivity contribution in [3.05, 3.63) is 41.7 Å². The Balaban J connectivity index is 1.77.